The molecule has 0 spiro atoms. The minimum absolute atomic E-state index is 0. The molecule has 0 amide bonds. The molecule has 1 aliphatic heterocycles. The van der Waals surface area contributed by atoms with E-state index in [2.05, 4.69) is 25.5 Å². The quantitative estimate of drug-likeness (QED) is 0.303. The molecule has 1 aromatic heterocycles. The summed E-state index contributed by atoms with van der Waals surface area (Å²) in [6, 6.07) is 4.74. The van der Waals surface area contributed by atoms with Gasteiger partial charge in [-0.05, 0) is 30.2 Å². The molecule has 28 heavy (non-hydrogen) atoms. The molecule has 2 aromatic rings. The largest absolute Gasteiger partial charge is 0.361 e. The lowest BCUT2D eigenvalue weighted by Gasteiger charge is -2.26. The van der Waals surface area contributed by atoms with Crippen molar-refractivity contribution in [3.63, 3.8) is 0 Å². The van der Waals surface area contributed by atoms with Crippen LogP contribution in [0.1, 0.15) is 5.56 Å². The summed E-state index contributed by atoms with van der Waals surface area (Å²) >= 11 is 0. The number of nitrogens with zero attached hydrogens (tertiary/aromatic N) is 2. The van der Waals surface area contributed by atoms with Crippen LogP contribution in [0.4, 0.5) is 4.39 Å². The second-order valence-electron chi connectivity index (χ2n) is 6.67. The number of rotatable bonds is 6. The third kappa shape index (κ3) is 6.31. The van der Waals surface area contributed by atoms with E-state index >= 15 is 0 Å². The summed E-state index contributed by atoms with van der Waals surface area (Å²) in [4.78, 5) is 9.50. The van der Waals surface area contributed by atoms with Crippen LogP contribution in [-0.4, -0.2) is 75.5 Å². The third-order valence-electron chi connectivity index (χ3n) is 4.80. The van der Waals surface area contributed by atoms with Crippen molar-refractivity contribution in [2.24, 2.45) is 4.99 Å². The SMILES string of the molecule is CN=C(NCCc1c[nH]c2ccc(F)cc12)NCCN1CCS(=O)(=O)CC1.I. The van der Waals surface area contributed by atoms with E-state index in [0.717, 1.165) is 29.4 Å². The van der Waals surface area contributed by atoms with Gasteiger partial charge < -0.3 is 15.6 Å². The lowest BCUT2D eigenvalue weighted by Crippen LogP contribution is -2.46. The van der Waals surface area contributed by atoms with E-state index in [1.54, 1.807) is 19.2 Å². The molecule has 0 bridgehead atoms. The molecule has 0 aliphatic carbocycles. The molecular weight excluding hydrogens is 496 g/mol. The molecule has 0 atom stereocenters. The Labute approximate surface area is 182 Å². The fourth-order valence-corrected chi connectivity index (χ4v) is 4.48. The zero-order valence-electron chi connectivity index (χ0n) is 15.9. The molecule has 10 heteroatoms. The zero-order valence-corrected chi connectivity index (χ0v) is 19.0. The summed E-state index contributed by atoms with van der Waals surface area (Å²) in [5.74, 6) is 0.945. The maximum absolute atomic E-state index is 13.4. The number of aliphatic imine (C=N–C) groups is 1. The van der Waals surface area contributed by atoms with E-state index in [0.29, 0.717) is 32.1 Å². The first-order valence-electron chi connectivity index (χ1n) is 9.10. The highest BCUT2D eigenvalue weighted by molar-refractivity contribution is 14.0. The Kier molecular flexibility index (Phi) is 8.50. The number of halogens is 2. The van der Waals surface area contributed by atoms with Crippen LogP contribution in [-0.2, 0) is 16.3 Å². The molecule has 0 saturated carbocycles. The number of benzene rings is 1. The Hall–Kier alpha value is -1.40. The van der Waals surface area contributed by atoms with Crippen LogP contribution in [0.25, 0.3) is 10.9 Å². The van der Waals surface area contributed by atoms with Crippen LogP contribution in [0.2, 0.25) is 0 Å². The van der Waals surface area contributed by atoms with Gasteiger partial charge in [0.15, 0.2) is 15.8 Å². The molecule has 1 fully saturated rings. The number of H-pyrrole nitrogens is 1. The summed E-state index contributed by atoms with van der Waals surface area (Å²) in [5, 5.41) is 7.40. The predicted molar refractivity (Wildman–Crippen MR) is 122 cm³/mol. The number of nitrogens with one attached hydrogen (secondary N) is 3. The van der Waals surface area contributed by atoms with Gasteiger partial charge in [0, 0.05) is 56.9 Å². The first kappa shape index (κ1) is 22.9. The van der Waals surface area contributed by atoms with Gasteiger partial charge in [-0.1, -0.05) is 0 Å². The Morgan fingerprint density at radius 3 is 2.68 bits per heavy atom. The van der Waals surface area contributed by atoms with Crippen molar-refractivity contribution in [3.05, 3.63) is 35.8 Å². The van der Waals surface area contributed by atoms with Gasteiger partial charge in [-0.3, -0.25) is 9.89 Å². The van der Waals surface area contributed by atoms with Gasteiger partial charge in [0.1, 0.15) is 5.82 Å². The van der Waals surface area contributed by atoms with Crippen LogP contribution in [0.3, 0.4) is 0 Å². The highest BCUT2D eigenvalue weighted by Gasteiger charge is 2.20. The van der Waals surface area contributed by atoms with E-state index in [-0.39, 0.29) is 41.3 Å². The summed E-state index contributed by atoms with van der Waals surface area (Å²) in [6.45, 7) is 3.32. The maximum atomic E-state index is 13.4. The van der Waals surface area contributed by atoms with E-state index in [4.69, 9.17) is 0 Å². The first-order valence-corrected chi connectivity index (χ1v) is 10.9. The van der Waals surface area contributed by atoms with Crippen molar-refractivity contribution in [3.8, 4) is 0 Å². The van der Waals surface area contributed by atoms with Crippen LogP contribution in [0, 0.1) is 5.82 Å². The molecule has 0 radical (unpaired) electrons. The Bertz CT molecular complexity index is 902. The average molecular weight is 523 g/mol. The Balaban J connectivity index is 0.00000280. The number of guanidine groups is 1. The Morgan fingerprint density at radius 2 is 1.96 bits per heavy atom. The normalized spacial score (nSPS) is 17.3. The van der Waals surface area contributed by atoms with Crippen LogP contribution in [0.5, 0.6) is 0 Å². The molecule has 0 unspecified atom stereocenters. The first-order chi connectivity index (χ1) is 13.0. The predicted octanol–water partition coefficient (Wildman–Crippen LogP) is 1.36. The van der Waals surface area contributed by atoms with Crippen molar-refractivity contribution in [1.29, 1.82) is 0 Å². The van der Waals surface area contributed by atoms with Crippen molar-refractivity contribution < 1.29 is 12.8 Å². The van der Waals surface area contributed by atoms with E-state index in [9.17, 15) is 12.8 Å². The van der Waals surface area contributed by atoms with Crippen LogP contribution >= 0.6 is 24.0 Å². The van der Waals surface area contributed by atoms with E-state index in [1.807, 2.05) is 6.20 Å². The number of hydrogen-bond donors (Lipinski definition) is 3. The second-order valence-corrected chi connectivity index (χ2v) is 8.98. The van der Waals surface area contributed by atoms with Crippen LogP contribution in [0.15, 0.2) is 29.4 Å². The monoisotopic (exact) mass is 523 g/mol. The topological polar surface area (TPSA) is 89.6 Å². The number of sulfone groups is 1. The lowest BCUT2D eigenvalue weighted by atomic mass is 10.1. The van der Waals surface area contributed by atoms with E-state index < -0.39 is 9.84 Å². The van der Waals surface area contributed by atoms with Crippen molar-refractivity contribution >= 4 is 50.7 Å². The van der Waals surface area contributed by atoms with Gasteiger partial charge >= 0.3 is 0 Å². The fraction of sp³-hybridized carbons (Fsp3) is 0.500. The minimum Gasteiger partial charge on any atom is -0.361 e. The van der Waals surface area contributed by atoms with Crippen molar-refractivity contribution in [1.82, 2.24) is 20.5 Å². The minimum atomic E-state index is -2.84. The average Bonchev–Trinajstić information content (AvgIpc) is 3.04. The highest BCUT2D eigenvalue weighted by atomic mass is 127. The van der Waals surface area contributed by atoms with E-state index in [1.165, 1.54) is 6.07 Å². The maximum Gasteiger partial charge on any atom is 0.191 e. The van der Waals surface area contributed by atoms with Gasteiger partial charge in [0.25, 0.3) is 0 Å². The summed E-state index contributed by atoms with van der Waals surface area (Å²) < 4.78 is 36.3. The molecular formula is C18H27FIN5O2S. The van der Waals surface area contributed by atoms with Gasteiger partial charge in [-0.2, -0.15) is 0 Å². The molecule has 3 rings (SSSR count). The number of aromatic nitrogens is 1. The van der Waals surface area contributed by atoms with Gasteiger partial charge in [0.05, 0.1) is 11.5 Å². The number of fused-ring (bicyclic) bond motifs is 1. The second kappa shape index (κ2) is 10.4. The third-order valence-corrected chi connectivity index (χ3v) is 6.41. The Morgan fingerprint density at radius 1 is 1.25 bits per heavy atom. The summed E-state index contributed by atoms with van der Waals surface area (Å²) in [6.07, 6.45) is 2.65. The molecule has 2 heterocycles. The van der Waals surface area contributed by atoms with Gasteiger partial charge in [-0.15, -0.1) is 24.0 Å². The number of hydrogen-bond acceptors (Lipinski definition) is 4. The molecule has 156 valence electrons. The fourth-order valence-electron chi connectivity index (χ4n) is 3.20. The van der Waals surface area contributed by atoms with Gasteiger partial charge in [-0.25, -0.2) is 12.8 Å². The summed E-state index contributed by atoms with van der Waals surface area (Å²) in [7, 11) is -1.13. The zero-order chi connectivity index (χ0) is 19.3. The van der Waals surface area contributed by atoms with Gasteiger partial charge in [0.2, 0.25) is 0 Å². The highest BCUT2D eigenvalue weighted by Crippen LogP contribution is 2.19. The molecule has 1 saturated heterocycles. The lowest BCUT2D eigenvalue weighted by molar-refractivity contribution is 0.299. The standard InChI is InChI=1S/C18H26FN5O2S.HI/c1-20-18(22-6-7-24-8-10-27(25,26)11-9-24)21-5-4-14-13-23-17-3-2-15(19)12-16(14)17;/h2-3,12-13,23H,4-11H2,1H3,(H2,20,21,22);1H. The van der Waals surface area contributed by atoms with Crippen LogP contribution < -0.4 is 10.6 Å². The van der Waals surface area contributed by atoms with Crippen molar-refractivity contribution in [2.45, 2.75) is 6.42 Å². The molecule has 1 aromatic carbocycles. The molecule has 7 nitrogen and oxygen atoms in total. The summed E-state index contributed by atoms with van der Waals surface area (Å²) in [5.41, 5.74) is 1.99. The molecule has 1 aliphatic rings. The number of aromatic amines is 1. The molecule has 3 N–H and O–H groups in total. The smallest absolute Gasteiger partial charge is 0.191 e. The van der Waals surface area contributed by atoms with Crippen molar-refractivity contribution in [2.75, 3.05) is 51.3 Å².